The van der Waals surface area contributed by atoms with Gasteiger partial charge in [-0.3, -0.25) is 14.7 Å². The summed E-state index contributed by atoms with van der Waals surface area (Å²) in [7, 11) is 0. The first kappa shape index (κ1) is 13.3. The van der Waals surface area contributed by atoms with Crippen LogP contribution in [0.15, 0.2) is 17.1 Å². The lowest BCUT2D eigenvalue weighted by molar-refractivity contribution is -0.126. The van der Waals surface area contributed by atoms with Gasteiger partial charge in [0.2, 0.25) is 11.9 Å². The predicted octanol–water partition coefficient (Wildman–Crippen LogP) is 2.36. The second kappa shape index (κ2) is 5.34. The number of guanidine groups is 1. The van der Waals surface area contributed by atoms with E-state index in [2.05, 4.69) is 19.1 Å². The molecule has 0 atom stereocenters. The number of fused-ring (bicyclic) bond motifs is 1. The van der Waals surface area contributed by atoms with Crippen molar-refractivity contribution in [2.45, 2.75) is 13.3 Å². The van der Waals surface area contributed by atoms with E-state index in [4.69, 9.17) is 11.6 Å². The van der Waals surface area contributed by atoms with Crippen molar-refractivity contribution in [3.05, 3.63) is 17.2 Å². The van der Waals surface area contributed by atoms with Gasteiger partial charge in [-0.05, 0) is 12.1 Å². The number of anilines is 1. The zero-order valence-electron chi connectivity index (χ0n) is 10.8. The Morgan fingerprint density at radius 3 is 3.15 bits per heavy atom. The molecule has 2 aromatic rings. The van der Waals surface area contributed by atoms with Crippen LogP contribution >= 0.6 is 23.3 Å². The predicted molar refractivity (Wildman–Crippen MR) is 80.4 cm³/mol. The van der Waals surface area contributed by atoms with E-state index in [0.29, 0.717) is 41.7 Å². The van der Waals surface area contributed by atoms with Crippen molar-refractivity contribution in [2.24, 2.45) is 4.99 Å². The standard InChI is InChI=1S/C12H12ClN5OS/c1-2-9(19)18-6-5-14-12(18)15-10-7(13)3-4-8-11(10)17-20-16-8/h3-4H,2,5-6H2,1H3,(H,14,15). The fourth-order valence-electron chi connectivity index (χ4n) is 2.05. The molecule has 1 amide bonds. The molecule has 0 saturated heterocycles. The quantitative estimate of drug-likeness (QED) is 0.924. The van der Waals surface area contributed by atoms with Crippen molar-refractivity contribution >= 4 is 51.9 Å². The molecular formula is C12H12ClN5OS. The summed E-state index contributed by atoms with van der Waals surface area (Å²) >= 11 is 7.34. The molecule has 6 nitrogen and oxygen atoms in total. The van der Waals surface area contributed by atoms with Crippen LogP contribution in [-0.2, 0) is 4.79 Å². The molecule has 0 saturated carbocycles. The monoisotopic (exact) mass is 309 g/mol. The molecule has 0 fully saturated rings. The van der Waals surface area contributed by atoms with Crippen molar-refractivity contribution in [3.63, 3.8) is 0 Å². The van der Waals surface area contributed by atoms with Crippen LogP contribution in [0, 0.1) is 0 Å². The smallest absolute Gasteiger partial charge is 0.229 e. The molecule has 2 heterocycles. The highest BCUT2D eigenvalue weighted by Gasteiger charge is 2.24. The number of hydrogen-bond acceptors (Lipinski definition) is 6. The van der Waals surface area contributed by atoms with E-state index >= 15 is 0 Å². The number of aliphatic imine (C=N–C) groups is 1. The van der Waals surface area contributed by atoms with E-state index in [-0.39, 0.29) is 5.91 Å². The summed E-state index contributed by atoms with van der Waals surface area (Å²) < 4.78 is 8.41. The van der Waals surface area contributed by atoms with Gasteiger partial charge in [-0.15, -0.1) is 0 Å². The number of halogens is 1. The molecule has 0 bridgehead atoms. The molecule has 0 radical (unpaired) electrons. The Balaban J connectivity index is 1.95. The Bertz CT molecular complexity index is 698. The van der Waals surface area contributed by atoms with Gasteiger partial charge in [-0.2, -0.15) is 8.75 Å². The van der Waals surface area contributed by atoms with Crippen LogP contribution in [0.1, 0.15) is 13.3 Å². The van der Waals surface area contributed by atoms with E-state index < -0.39 is 0 Å². The summed E-state index contributed by atoms with van der Waals surface area (Å²) in [4.78, 5) is 17.8. The Hall–Kier alpha value is -1.73. The Labute approximate surface area is 124 Å². The molecule has 1 aliphatic rings. The van der Waals surface area contributed by atoms with E-state index in [0.717, 1.165) is 17.2 Å². The molecule has 3 rings (SSSR count). The number of carbonyl (C=O) groups is 1. The maximum atomic E-state index is 11.9. The summed E-state index contributed by atoms with van der Waals surface area (Å²) in [6.45, 7) is 3.02. The van der Waals surface area contributed by atoms with Crippen molar-refractivity contribution in [3.8, 4) is 0 Å². The van der Waals surface area contributed by atoms with Gasteiger partial charge in [-0.25, -0.2) is 0 Å². The normalized spacial score (nSPS) is 14.7. The lowest BCUT2D eigenvalue weighted by Gasteiger charge is -2.19. The van der Waals surface area contributed by atoms with E-state index in [1.165, 1.54) is 0 Å². The highest BCUT2D eigenvalue weighted by atomic mass is 35.5. The minimum Gasteiger partial charge on any atom is -0.323 e. The third-order valence-electron chi connectivity index (χ3n) is 3.06. The fourth-order valence-corrected chi connectivity index (χ4v) is 2.79. The van der Waals surface area contributed by atoms with Crippen LogP contribution in [0.5, 0.6) is 0 Å². The van der Waals surface area contributed by atoms with Gasteiger partial charge in [0, 0.05) is 13.0 Å². The van der Waals surface area contributed by atoms with Crippen LogP contribution in [0.3, 0.4) is 0 Å². The number of rotatable bonds is 2. The molecule has 0 spiro atoms. The molecule has 1 N–H and O–H groups in total. The number of nitrogens with one attached hydrogen (secondary N) is 1. The summed E-state index contributed by atoms with van der Waals surface area (Å²) in [5, 5.41) is 3.66. The highest BCUT2D eigenvalue weighted by Crippen LogP contribution is 2.30. The first-order chi connectivity index (χ1) is 9.70. The number of hydrogen-bond donors (Lipinski definition) is 1. The third kappa shape index (κ3) is 2.23. The second-order valence-electron chi connectivity index (χ2n) is 4.28. The van der Waals surface area contributed by atoms with Gasteiger partial charge < -0.3 is 5.32 Å². The Kier molecular flexibility index (Phi) is 3.54. The van der Waals surface area contributed by atoms with Crippen molar-refractivity contribution < 1.29 is 4.79 Å². The zero-order chi connectivity index (χ0) is 14.1. The third-order valence-corrected chi connectivity index (χ3v) is 3.92. The van der Waals surface area contributed by atoms with Crippen LogP contribution in [-0.4, -0.2) is 38.6 Å². The van der Waals surface area contributed by atoms with Gasteiger partial charge in [0.1, 0.15) is 11.0 Å². The SMILES string of the molecule is CCC(=O)N1CCN=C1Nc1c(Cl)ccc2nsnc12. The maximum absolute atomic E-state index is 11.9. The topological polar surface area (TPSA) is 70.5 Å². The van der Waals surface area contributed by atoms with Gasteiger partial charge >= 0.3 is 0 Å². The average Bonchev–Trinajstić information content (AvgIpc) is 3.09. The minimum atomic E-state index is 0.0356. The van der Waals surface area contributed by atoms with Crippen LogP contribution < -0.4 is 5.32 Å². The molecule has 20 heavy (non-hydrogen) atoms. The van der Waals surface area contributed by atoms with Crippen molar-refractivity contribution in [2.75, 3.05) is 18.4 Å². The molecule has 0 unspecified atom stereocenters. The van der Waals surface area contributed by atoms with Gasteiger partial charge in [0.05, 0.1) is 29.0 Å². The summed E-state index contributed by atoms with van der Waals surface area (Å²) in [6, 6.07) is 3.58. The number of benzene rings is 1. The van der Waals surface area contributed by atoms with Crippen molar-refractivity contribution in [1.29, 1.82) is 0 Å². The molecular weight excluding hydrogens is 298 g/mol. The maximum Gasteiger partial charge on any atom is 0.229 e. The van der Waals surface area contributed by atoms with Crippen molar-refractivity contribution in [1.82, 2.24) is 13.6 Å². The van der Waals surface area contributed by atoms with Gasteiger partial charge in [0.25, 0.3) is 0 Å². The van der Waals surface area contributed by atoms with Crippen LogP contribution in [0.25, 0.3) is 11.0 Å². The lowest BCUT2D eigenvalue weighted by Crippen LogP contribution is -2.38. The average molecular weight is 310 g/mol. The highest BCUT2D eigenvalue weighted by molar-refractivity contribution is 7.00. The number of amides is 1. The molecule has 104 valence electrons. The second-order valence-corrected chi connectivity index (χ2v) is 5.22. The summed E-state index contributed by atoms with van der Waals surface area (Å²) in [6.07, 6.45) is 0.441. The molecule has 8 heteroatoms. The van der Waals surface area contributed by atoms with E-state index in [1.54, 1.807) is 11.0 Å². The molecule has 0 aliphatic carbocycles. The summed E-state index contributed by atoms with van der Waals surface area (Å²) in [5.41, 5.74) is 2.11. The Morgan fingerprint density at radius 1 is 1.50 bits per heavy atom. The lowest BCUT2D eigenvalue weighted by atomic mass is 10.2. The van der Waals surface area contributed by atoms with E-state index in [9.17, 15) is 4.79 Å². The molecule has 1 aromatic carbocycles. The Morgan fingerprint density at radius 2 is 2.35 bits per heavy atom. The molecule has 1 aromatic heterocycles. The number of aromatic nitrogens is 2. The zero-order valence-corrected chi connectivity index (χ0v) is 12.3. The fraction of sp³-hybridized carbons (Fsp3) is 0.333. The van der Waals surface area contributed by atoms with Crippen LogP contribution in [0.2, 0.25) is 5.02 Å². The first-order valence-electron chi connectivity index (χ1n) is 6.23. The largest absolute Gasteiger partial charge is 0.323 e. The van der Waals surface area contributed by atoms with E-state index in [1.807, 2.05) is 13.0 Å². The number of nitrogens with zero attached hydrogens (tertiary/aromatic N) is 4. The first-order valence-corrected chi connectivity index (χ1v) is 7.34. The minimum absolute atomic E-state index is 0.0356. The number of carbonyl (C=O) groups excluding carboxylic acids is 1. The summed E-state index contributed by atoms with van der Waals surface area (Å²) in [5.74, 6) is 0.563. The van der Waals surface area contributed by atoms with Gasteiger partial charge in [-0.1, -0.05) is 18.5 Å². The van der Waals surface area contributed by atoms with Gasteiger partial charge in [0.15, 0.2) is 0 Å². The van der Waals surface area contributed by atoms with Crippen LogP contribution in [0.4, 0.5) is 5.69 Å². The molecule has 1 aliphatic heterocycles.